The standard InChI is InChI=1S/C7H14N.C5H10N.C2H6.La/c1-2-8-6-4-3-5-7-8;1-2-4-6-5-3-1;1-2;/h3H,2,4-7H2,1H3;1,6H,2-5H2;1-2H3;/q2*-1;;. The zero-order valence-electron chi connectivity index (χ0n) is 12.0. The van der Waals surface area contributed by atoms with Crippen LogP contribution in [-0.4, -0.2) is 37.6 Å². The van der Waals surface area contributed by atoms with Crippen molar-refractivity contribution in [1.29, 1.82) is 0 Å². The number of nitrogens with zero attached hydrogens (tertiary/aromatic N) is 1. The maximum Gasteiger partial charge on any atom is 0 e. The zero-order valence-corrected chi connectivity index (χ0v) is 15.7. The average molecular weight is 365 g/mol. The van der Waals surface area contributed by atoms with Crippen LogP contribution in [0.4, 0.5) is 0 Å². The maximum absolute atomic E-state index is 3.25. The molecule has 17 heavy (non-hydrogen) atoms. The zero-order chi connectivity index (χ0) is 12.1. The minimum Gasteiger partial charge on any atom is -0.326 e. The molecule has 1 radical (unpaired) electrons. The normalized spacial score (nSPS) is 19.9. The van der Waals surface area contributed by atoms with Crippen molar-refractivity contribution >= 4 is 0 Å². The Bertz CT molecular complexity index is 110. The van der Waals surface area contributed by atoms with Gasteiger partial charge in [-0.2, -0.15) is 25.7 Å². The Balaban J connectivity index is 0. The molecule has 0 unspecified atom stereocenters. The molecule has 0 atom stereocenters. The number of piperidine rings is 2. The summed E-state index contributed by atoms with van der Waals surface area (Å²) >= 11 is 0. The van der Waals surface area contributed by atoms with Crippen molar-refractivity contribution in [1.82, 2.24) is 10.2 Å². The van der Waals surface area contributed by atoms with Gasteiger partial charge in [0.25, 0.3) is 0 Å². The minimum absolute atomic E-state index is 0. The fourth-order valence-electron chi connectivity index (χ4n) is 1.80. The third kappa shape index (κ3) is 13.3. The number of rotatable bonds is 1. The second kappa shape index (κ2) is 17.1. The van der Waals surface area contributed by atoms with Crippen LogP contribution in [0.25, 0.3) is 0 Å². The Kier molecular flexibility index (Phi) is 20.6. The van der Waals surface area contributed by atoms with Gasteiger partial charge in [-0.15, -0.1) is 0 Å². The molecule has 0 bridgehead atoms. The molecule has 2 heterocycles. The number of hydrogen-bond donors (Lipinski definition) is 1. The van der Waals surface area contributed by atoms with Gasteiger partial charge in [0.1, 0.15) is 0 Å². The summed E-state index contributed by atoms with van der Waals surface area (Å²) in [5.41, 5.74) is 0. The monoisotopic (exact) mass is 365 g/mol. The van der Waals surface area contributed by atoms with Gasteiger partial charge in [0, 0.05) is 35.6 Å². The summed E-state index contributed by atoms with van der Waals surface area (Å²) in [6, 6.07) is 0. The first-order valence-corrected chi connectivity index (χ1v) is 7.00. The van der Waals surface area contributed by atoms with Gasteiger partial charge in [0.05, 0.1) is 0 Å². The molecule has 0 spiro atoms. The van der Waals surface area contributed by atoms with E-state index in [1.165, 1.54) is 58.4 Å². The van der Waals surface area contributed by atoms with Crippen molar-refractivity contribution in [2.24, 2.45) is 0 Å². The molecule has 1 N–H and O–H groups in total. The quantitative estimate of drug-likeness (QED) is 0.719. The van der Waals surface area contributed by atoms with Crippen LogP contribution in [0.3, 0.4) is 0 Å². The Morgan fingerprint density at radius 2 is 1.41 bits per heavy atom. The summed E-state index contributed by atoms with van der Waals surface area (Å²) < 4.78 is 0. The van der Waals surface area contributed by atoms with E-state index >= 15 is 0 Å². The van der Waals surface area contributed by atoms with E-state index in [4.69, 9.17) is 0 Å². The molecule has 2 saturated heterocycles. The van der Waals surface area contributed by atoms with Crippen LogP contribution in [0.1, 0.15) is 46.5 Å². The van der Waals surface area contributed by atoms with Crippen LogP contribution in [0.5, 0.6) is 0 Å². The molecule has 101 valence electrons. The van der Waals surface area contributed by atoms with Gasteiger partial charge < -0.3 is 23.1 Å². The Morgan fingerprint density at radius 3 is 1.65 bits per heavy atom. The SMILES string of the molecule is CC.CCN1CC[CH-]CC1.[CH-]1CCNCC1.[La]. The minimum atomic E-state index is 0. The van der Waals surface area contributed by atoms with Crippen molar-refractivity contribution in [3.8, 4) is 0 Å². The van der Waals surface area contributed by atoms with Crippen molar-refractivity contribution < 1.29 is 35.6 Å². The molecule has 0 saturated carbocycles. The van der Waals surface area contributed by atoms with Crippen molar-refractivity contribution in [3.63, 3.8) is 0 Å². The Hall–Kier alpha value is 1.11. The molecular weight excluding hydrogens is 335 g/mol. The first kappa shape index (κ1) is 20.4. The van der Waals surface area contributed by atoms with E-state index in [9.17, 15) is 0 Å². The van der Waals surface area contributed by atoms with E-state index in [1.54, 1.807) is 0 Å². The predicted octanol–water partition coefficient (Wildman–Crippen LogP) is 2.91. The van der Waals surface area contributed by atoms with Crippen LogP contribution in [0, 0.1) is 48.4 Å². The summed E-state index contributed by atoms with van der Waals surface area (Å²) in [7, 11) is 0. The second-order valence-corrected chi connectivity index (χ2v) is 3.92. The molecule has 2 aliphatic heterocycles. The number of nitrogens with one attached hydrogen (secondary N) is 1. The molecule has 0 aromatic heterocycles. The molecule has 3 heteroatoms. The largest absolute Gasteiger partial charge is 0.326 e. The van der Waals surface area contributed by atoms with Crippen LogP contribution in [-0.2, 0) is 0 Å². The van der Waals surface area contributed by atoms with Crippen LogP contribution in [0.2, 0.25) is 0 Å². The first-order chi connectivity index (χ1) is 7.93. The van der Waals surface area contributed by atoms with Gasteiger partial charge >= 0.3 is 0 Å². The van der Waals surface area contributed by atoms with E-state index in [-0.39, 0.29) is 35.6 Å². The van der Waals surface area contributed by atoms with E-state index < -0.39 is 0 Å². The van der Waals surface area contributed by atoms with Crippen LogP contribution in [0.15, 0.2) is 0 Å². The topological polar surface area (TPSA) is 15.3 Å². The molecule has 2 nitrogen and oxygen atoms in total. The smallest absolute Gasteiger partial charge is 0 e. The first-order valence-electron chi connectivity index (χ1n) is 7.00. The summed E-state index contributed by atoms with van der Waals surface area (Å²) in [5, 5.41) is 3.25. The molecule has 0 aromatic carbocycles. The molecule has 0 aliphatic carbocycles. The molecular formula is C14H30LaN2-2. The summed E-state index contributed by atoms with van der Waals surface area (Å²) in [4.78, 5) is 2.49. The molecule has 0 amide bonds. The van der Waals surface area contributed by atoms with Crippen LogP contribution < -0.4 is 5.32 Å². The fraction of sp³-hybridized carbons (Fsp3) is 0.857. The Labute approximate surface area is 137 Å². The van der Waals surface area contributed by atoms with Gasteiger partial charge in [0.2, 0.25) is 0 Å². The third-order valence-electron chi connectivity index (χ3n) is 2.80. The summed E-state index contributed by atoms with van der Waals surface area (Å²) in [6.45, 7) is 12.4. The molecule has 2 aliphatic rings. The van der Waals surface area contributed by atoms with Gasteiger partial charge in [-0.3, -0.25) is 0 Å². The fourth-order valence-corrected chi connectivity index (χ4v) is 1.80. The summed E-state index contributed by atoms with van der Waals surface area (Å²) in [5.74, 6) is 0. The Morgan fingerprint density at radius 1 is 0.941 bits per heavy atom. The van der Waals surface area contributed by atoms with E-state index in [0.29, 0.717) is 0 Å². The van der Waals surface area contributed by atoms with Crippen LogP contribution >= 0.6 is 0 Å². The van der Waals surface area contributed by atoms with Gasteiger partial charge in [-0.1, -0.05) is 20.8 Å². The molecule has 2 fully saturated rings. The number of hydrogen-bond acceptors (Lipinski definition) is 2. The number of likely N-dealkylation sites (tertiary alicyclic amines) is 1. The van der Waals surface area contributed by atoms with Gasteiger partial charge in [-0.05, 0) is 32.7 Å². The van der Waals surface area contributed by atoms with Crippen molar-refractivity contribution in [2.75, 3.05) is 32.7 Å². The van der Waals surface area contributed by atoms with Crippen molar-refractivity contribution in [3.05, 3.63) is 12.8 Å². The van der Waals surface area contributed by atoms with E-state index in [2.05, 4.69) is 30.0 Å². The summed E-state index contributed by atoms with van der Waals surface area (Å²) in [6.07, 6.45) is 9.84. The van der Waals surface area contributed by atoms with E-state index in [0.717, 1.165) is 0 Å². The van der Waals surface area contributed by atoms with Crippen molar-refractivity contribution in [2.45, 2.75) is 46.5 Å². The van der Waals surface area contributed by atoms with Gasteiger partial charge in [0.15, 0.2) is 0 Å². The molecule has 0 aromatic rings. The second-order valence-electron chi connectivity index (χ2n) is 3.92. The van der Waals surface area contributed by atoms with Gasteiger partial charge in [-0.25, -0.2) is 0 Å². The predicted molar refractivity (Wildman–Crippen MR) is 73.4 cm³/mol. The maximum atomic E-state index is 3.25. The molecule has 2 rings (SSSR count). The third-order valence-corrected chi connectivity index (χ3v) is 2.80. The average Bonchev–Trinajstić information content (AvgIpc) is 2.44. The van der Waals surface area contributed by atoms with E-state index in [1.807, 2.05) is 13.8 Å².